The van der Waals surface area contributed by atoms with Crippen LogP contribution in [0.4, 0.5) is 5.82 Å². The molecule has 0 aliphatic carbocycles. The molecule has 36 heavy (non-hydrogen) atoms. The van der Waals surface area contributed by atoms with Crippen LogP contribution in [0.2, 0.25) is 0 Å². The SMILES string of the molecule is NS(=O)(=O)CCc1cncc(-c2nc(NCc3ccccn3)c3c(-c4ccccc4)cccc3n2)c1. The van der Waals surface area contributed by atoms with Crippen molar-refractivity contribution < 1.29 is 8.42 Å². The van der Waals surface area contributed by atoms with Gasteiger partial charge in [-0.15, -0.1) is 0 Å². The summed E-state index contributed by atoms with van der Waals surface area (Å²) in [5.74, 6) is 1.00. The van der Waals surface area contributed by atoms with Gasteiger partial charge in [-0.1, -0.05) is 48.5 Å². The number of nitrogens with one attached hydrogen (secondary N) is 1. The van der Waals surface area contributed by atoms with Gasteiger partial charge in [0.15, 0.2) is 5.82 Å². The van der Waals surface area contributed by atoms with Gasteiger partial charge in [0.1, 0.15) is 5.82 Å². The van der Waals surface area contributed by atoms with Crippen molar-refractivity contribution in [1.29, 1.82) is 0 Å². The van der Waals surface area contributed by atoms with Crippen molar-refractivity contribution in [3.8, 4) is 22.5 Å². The van der Waals surface area contributed by atoms with Crippen LogP contribution in [0.15, 0.2) is 91.4 Å². The number of aryl methyl sites for hydroxylation is 1. The normalized spacial score (nSPS) is 11.5. The van der Waals surface area contributed by atoms with E-state index in [1.165, 1.54) is 0 Å². The monoisotopic (exact) mass is 496 g/mol. The van der Waals surface area contributed by atoms with Crippen LogP contribution in [0.1, 0.15) is 11.3 Å². The zero-order chi connectivity index (χ0) is 25.0. The fourth-order valence-electron chi connectivity index (χ4n) is 3.98. The van der Waals surface area contributed by atoms with Crippen LogP contribution < -0.4 is 10.5 Å². The maximum atomic E-state index is 11.4. The average molecular weight is 497 g/mol. The minimum atomic E-state index is -3.58. The number of fused-ring (bicyclic) bond motifs is 1. The van der Waals surface area contributed by atoms with Crippen LogP contribution in [0.5, 0.6) is 0 Å². The first-order chi connectivity index (χ1) is 17.5. The molecule has 8 nitrogen and oxygen atoms in total. The molecule has 3 heterocycles. The molecule has 0 aliphatic rings. The standard InChI is InChI=1S/C27H24N6O2S/c28-36(34,35)14-12-19-15-21(17-29-16-19)26-32-24-11-6-10-23(20-7-2-1-3-8-20)25(24)27(33-26)31-18-22-9-4-5-13-30-22/h1-11,13,15-17H,12,14,18H2,(H2,28,34,35)(H,31,32,33). The van der Waals surface area contributed by atoms with Gasteiger partial charge in [-0.2, -0.15) is 0 Å². The van der Waals surface area contributed by atoms with Gasteiger partial charge < -0.3 is 5.32 Å². The van der Waals surface area contributed by atoms with Gasteiger partial charge in [0.25, 0.3) is 0 Å². The maximum Gasteiger partial charge on any atom is 0.209 e. The summed E-state index contributed by atoms with van der Waals surface area (Å²) in [7, 11) is -3.58. The van der Waals surface area contributed by atoms with Gasteiger partial charge in [-0.05, 0) is 47.4 Å². The van der Waals surface area contributed by atoms with E-state index in [0.717, 1.165) is 33.3 Å². The Bertz CT molecular complexity index is 1610. The lowest BCUT2D eigenvalue weighted by atomic mass is 10.0. The molecule has 180 valence electrons. The molecule has 0 spiro atoms. The first-order valence-corrected chi connectivity index (χ1v) is 13.1. The fourth-order valence-corrected chi connectivity index (χ4v) is 4.50. The Morgan fingerprint density at radius 1 is 0.861 bits per heavy atom. The Morgan fingerprint density at radius 3 is 2.47 bits per heavy atom. The third-order valence-electron chi connectivity index (χ3n) is 5.70. The second-order valence-electron chi connectivity index (χ2n) is 8.34. The van der Waals surface area contributed by atoms with E-state index < -0.39 is 10.0 Å². The molecule has 3 aromatic heterocycles. The zero-order valence-electron chi connectivity index (χ0n) is 19.4. The fraction of sp³-hybridized carbons (Fsp3) is 0.111. The van der Waals surface area contributed by atoms with Crippen LogP contribution in [-0.2, 0) is 23.0 Å². The Hall–Kier alpha value is -4.21. The molecule has 0 saturated carbocycles. The molecule has 9 heteroatoms. The summed E-state index contributed by atoms with van der Waals surface area (Å²) in [6.45, 7) is 0.488. The number of nitrogens with zero attached hydrogens (tertiary/aromatic N) is 4. The van der Waals surface area contributed by atoms with Crippen molar-refractivity contribution in [3.63, 3.8) is 0 Å². The third kappa shape index (κ3) is 5.54. The molecule has 3 N–H and O–H groups in total. The van der Waals surface area contributed by atoms with E-state index in [-0.39, 0.29) is 12.2 Å². The molecule has 0 radical (unpaired) electrons. The molecule has 0 saturated heterocycles. The molecule has 0 bridgehead atoms. The number of hydrogen-bond acceptors (Lipinski definition) is 7. The average Bonchev–Trinajstić information content (AvgIpc) is 2.91. The third-order valence-corrected chi connectivity index (χ3v) is 6.47. The first kappa shape index (κ1) is 23.5. The number of aromatic nitrogens is 4. The van der Waals surface area contributed by atoms with Crippen LogP contribution >= 0.6 is 0 Å². The van der Waals surface area contributed by atoms with E-state index in [1.54, 1.807) is 18.6 Å². The van der Waals surface area contributed by atoms with E-state index in [1.807, 2.05) is 54.6 Å². The van der Waals surface area contributed by atoms with Crippen molar-refractivity contribution in [2.45, 2.75) is 13.0 Å². The summed E-state index contributed by atoms with van der Waals surface area (Å²) in [5.41, 5.74) is 5.17. The van der Waals surface area contributed by atoms with E-state index in [9.17, 15) is 8.42 Å². The number of primary sulfonamides is 1. The molecule has 5 aromatic rings. The lowest BCUT2D eigenvalue weighted by Crippen LogP contribution is -2.18. The molecule has 0 unspecified atom stereocenters. The Kier molecular flexibility index (Phi) is 6.66. The molecule has 0 aliphatic heterocycles. The summed E-state index contributed by atoms with van der Waals surface area (Å²) in [4.78, 5) is 18.4. The predicted octanol–water partition coefficient (Wildman–Crippen LogP) is 4.20. The number of hydrogen-bond donors (Lipinski definition) is 2. The van der Waals surface area contributed by atoms with Crippen molar-refractivity contribution in [2.24, 2.45) is 5.14 Å². The molecule has 5 rings (SSSR count). The highest BCUT2D eigenvalue weighted by atomic mass is 32.2. The molecule has 0 fully saturated rings. The summed E-state index contributed by atoms with van der Waals surface area (Å²) in [6.07, 6.45) is 5.32. The Labute approximate surface area is 209 Å². The lowest BCUT2D eigenvalue weighted by Gasteiger charge is -2.14. The molecule has 0 atom stereocenters. The smallest absolute Gasteiger partial charge is 0.209 e. The minimum absolute atomic E-state index is 0.159. The van der Waals surface area contributed by atoms with Crippen molar-refractivity contribution >= 4 is 26.7 Å². The Morgan fingerprint density at radius 2 is 1.69 bits per heavy atom. The van der Waals surface area contributed by atoms with E-state index >= 15 is 0 Å². The highest BCUT2D eigenvalue weighted by molar-refractivity contribution is 7.89. The van der Waals surface area contributed by atoms with E-state index in [2.05, 4.69) is 33.5 Å². The van der Waals surface area contributed by atoms with Gasteiger partial charge in [-0.3, -0.25) is 9.97 Å². The highest BCUT2D eigenvalue weighted by Crippen LogP contribution is 2.34. The second-order valence-corrected chi connectivity index (χ2v) is 10.1. The lowest BCUT2D eigenvalue weighted by molar-refractivity contribution is 0.597. The van der Waals surface area contributed by atoms with E-state index in [4.69, 9.17) is 15.1 Å². The minimum Gasteiger partial charge on any atom is -0.364 e. The van der Waals surface area contributed by atoms with Crippen molar-refractivity contribution in [1.82, 2.24) is 19.9 Å². The Balaban J connectivity index is 1.61. The van der Waals surface area contributed by atoms with Crippen molar-refractivity contribution in [2.75, 3.05) is 11.1 Å². The van der Waals surface area contributed by atoms with Crippen molar-refractivity contribution in [3.05, 3.63) is 103 Å². The molecule has 2 aromatic carbocycles. The quantitative estimate of drug-likeness (QED) is 0.330. The van der Waals surface area contributed by atoms with Crippen LogP contribution in [0, 0.1) is 0 Å². The summed E-state index contributed by atoms with van der Waals surface area (Å²) >= 11 is 0. The summed E-state index contributed by atoms with van der Waals surface area (Å²) in [5, 5.41) is 9.53. The van der Waals surface area contributed by atoms with Crippen LogP contribution in [0.3, 0.4) is 0 Å². The van der Waals surface area contributed by atoms with E-state index in [0.29, 0.717) is 23.8 Å². The number of rotatable bonds is 8. The maximum absolute atomic E-state index is 11.4. The molecular formula is C27H24N6O2S. The number of benzene rings is 2. The number of anilines is 1. The van der Waals surface area contributed by atoms with Gasteiger partial charge in [-0.25, -0.2) is 23.5 Å². The van der Waals surface area contributed by atoms with Crippen LogP contribution in [-0.4, -0.2) is 34.1 Å². The number of sulfonamides is 1. The summed E-state index contributed by atoms with van der Waals surface area (Å²) < 4.78 is 22.8. The summed E-state index contributed by atoms with van der Waals surface area (Å²) in [6, 6.07) is 23.7. The highest BCUT2D eigenvalue weighted by Gasteiger charge is 2.15. The first-order valence-electron chi connectivity index (χ1n) is 11.4. The van der Waals surface area contributed by atoms with Gasteiger partial charge in [0.2, 0.25) is 10.0 Å². The van der Waals surface area contributed by atoms with Gasteiger partial charge >= 0.3 is 0 Å². The number of nitrogens with two attached hydrogens (primary N) is 1. The number of pyridine rings is 2. The molecular weight excluding hydrogens is 472 g/mol. The van der Waals surface area contributed by atoms with Crippen LogP contribution in [0.25, 0.3) is 33.4 Å². The second kappa shape index (κ2) is 10.2. The zero-order valence-corrected chi connectivity index (χ0v) is 20.2. The van der Waals surface area contributed by atoms with Gasteiger partial charge in [0.05, 0.1) is 28.9 Å². The topological polar surface area (TPSA) is 124 Å². The largest absolute Gasteiger partial charge is 0.364 e. The molecule has 0 amide bonds. The van der Waals surface area contributed by atoms with Gasteiger partial charge in [0, 0.05) is 24.2 Å². The predicted molar refractivity (Wildman–Crippen MR) is 141 cm³/mol.